The maximum Gasteiger partial charge on any atom is 0.309 e. The molecule has 0 N–H and O–H groups in total. The first-order valence-corrected chi connectivity index (χ1v) is 9.55. The van der Waals surface area contributed by atoms with Crippen LogP contribution in [0.25, 0.3) is 0 Å². The Bertz CT molecular complexity index is 443. The van der Waals surface area contributed by atoms with E-state index in [1.54, 1.807) is 0 Å². The first-order chi connectivity index (χ1) is 11.1. The zero-order valence-corrected chi connectivity index (χ0v) is 14.4. The van der Waals surface area contributed by atoms with Gasteiger partial charge in [-0.05, 0) is 62.2 Å². The van der Waals surface area contributed by atoms with Gasteiger partial charge in [-0.3, -0.25) is 4.79 Å². The predicted octanol–water partition coefficient (Wildman–Crippen LogP) is 3.18. The Balaban J connectivity index is 1.35. The zero-order chi connectivity index (χ0) is 16.0. The first-order valence-electron chi connectivity index (χ1n) is 9.55. The van der Waals surface area contributed by atoms with Crippen LogP contribution in [0.5, 0.6) is 0 Å². The number of rotatable bonds is 4. The molecule has 2 saturated heterocycles. The monoisotopic (exact) mass is 322 g/mol. The lowest BCUT2D eigenvalue weighted by atomic mass is 9.73. The number of epoxide rings is 2. The van der Waals surface area contributed by atoms with Gasteiger partial charge in [0.2, 0.25) is 0 Å². The Hall–Kier alpha value is -0.610. The van der Waals surface area contributed by atoms with Crippen molar-refractivity contribution in [1.29, 1.82) is 0 Å². The second kappa shape index (κ2) is 6.36. The fourth-order valence-electron chi connectivity index (χ4n) is 4.73. The first kappa shape index (κ1) is 15.9. The van der Waals surface area contributed by atoms with Gasteiger partial charge in [-0.25, -0.2) is 0 Å². The van der Waals surface area contributed by atoms with Crippen molar-refractivity contribution in [1.82, 2.24) is 0 Å². The van der Waals surface area contributed by atoms with Crippen LogP contribution in [-0.4, -0.2) is 37.5 Å². The van der Waals surface area contributed by atoms with E-state index in [1.807, 2.05) is 0 Å². The molecule has 0 amide bonds. The Morgan fingerprint density at radius 2 is 1.43 bits per heavy atom. The van der Waals surface area contributed by atoms with Crippen LogP contribution in [0.3, 0.4) is 0 Å². The number of carbonyl (C=O) groups excluding carboxylic acids is 1. The molecule has 4 aliphatic rings. The minimum absolute atomic E-state index is 0.0528. The highest BCUT2D eigenvalue weighted by Gasteiger charge is 2.44. The van der Waals surface area contributed by atoms with E-state index in [0.29, 0.717) is 35.9 Å². The normalized spacial score (nSPS) is 49.5. The largest absolute Gasteiger partial charge is 0.462 e. The highest BCUT2D eigenvalue weighted by atomic mass is 16.6. The van der Waals surface area contributed by atoms with Crippen LogP contribution in [0.4, 0.5) is 0 Å². The minimum Gasteiger partial charge on any atom is -0.462 e. The smallest absolute Gasteiger partial charge is 0.309 e. The summed E-state index contributed by atoms with van der Waals surface area (Å²) in [5.41, 5.74) is 0. The summed E-state index contributed by atoms with van der Waals surface area (Å²) in [4.78, 5) is 12.8. The Morgan fingerprint density at radius 1 is 0.870 bits per heavy atom. The SMILES string of the molecule is CC1CCC(C2CO2)CC1OC(=O)C1CC(C2CO2)CCC1C. The van der Waals surface area contributed by atoms with Gasteiger partial charge in [0.25, 0.3) is 0 Å². The lowest BCUT2D eigenvalue weighted by Crippen LogP contribution is -2.39. The van der Waals surface area contributed by atoms with E-state index in [4.69, 9.17) is 14.2 Å². The Morgan fingerprint density at radius 3 is 2.04 bits per heavy atom. The van der Waals surface area contributed by atoms with Crippen LogP contribution < -0.4 is 0 Å². The molecule has 2 saturated carbocycles. The molecular weight excluding hydrogens is 292 g/mol. The van der Waals surface area contributed by atoms with Gasteiger partial charge in [-0.1, -0.05) is 13.8 Å². The zero-order valence-electron chi connectivity index (χ0n) is 14.4. The summed E-state index contributed by atoms with van der Waals surface area (Å²) >= 11 is 0. The number of ether oxygens (including phenoxy) is 3. The second-order valence-electron chi connectivity index (χ2n) is 8.43. The predicted molar refractivity (Wildman–Crippen MR) is 85.9 cm³/mol. The lowest BCUT2D eigenvalue weighted by molar-refractivity contribution is -0.163. The third-order valence-corrected chi connectivity index (χ3v) is 6.74. The highest BCUT2D eigenvalue weighted by Crippen LogP contribution is 2.42. The third kappa shape index (κ3) is 3.58. The molecule has 130 valence electrons. The molecule has 0 aromatic carbocycles. The van der Waals surface area contributed by atoms with E-state index in [0.717, 1.165) is 38.9 Å². The molecule has 4 heteroatoms. The van der Waals surface area contributed by atoms with Crippen LogP contribution in [-0.2, 0) is 19.0 Å². The van der Waals surface area contributed by atoms with Crippen molar-refractivity contribution in [3.63, 3.8) is 0 Å². The third-order valence-electron chi connectivity index (χ3n) is 6.74. The van der Waals surface area contributed by atoms with Crippen molar-refractivity contribution in [2.45, 2.75) is 70.7 Å². The van der Waals surface area contributed by atoms with Crippen molar-refractivity contribution in [3.8, 4) is 0 Å². The van der Waals surface area contributed by atoms with E-state index in [2.05, 4.69) is 13.8 Å². The van der Waals surface area contributed by atoms with Crippen LogP contribution in [0, 0.1) is 29.6 Å². The molecule has 0 spiro atoms. The molecule has 4 nitrogen and oxygen atoms in total. The van der Waals surface area contributed by atoms with Gasteiger partial charge < -0.3 is 14.2 Å². The molecule has 2 aliphatic carbocycles. The Kier molecular flexibility index (Phi) is 4.39. The Labute approximate surface area is 139 Å². The molecule has 4 rings (SSSR count). The molecule has 4 fully saturated rings. The summed E-state index contributed by atoms with van der Waals surface area (Å²) in [5.74, 6) is 2.22. The number of carbonyl (C=O) groups is 1. The van der Waals surface area contributed by atoms with Crippen LogP contribution in [0.2, 0.25) is 0 Å². The van der Waals surface area contributed by atoms with E-state index in [9.17, 15) is 4.79 Å². The maximum atomic E-state index is 12.8. The number of hydrogen-bond donors (Lipinski definition) is 0. The van der Waals surface area contributed by atoms with Crippen molar-refractivity contribution < 1.29 is 19.0 Å². The van der Waals surface area contributed by atoms with Gasteiger partial charge in [0, 0.05) is 0 Å². The number of hydrogen-bond acceptors (Lipinski definition) is 4. The molecule has 0 radical (unpaired) electrons. The minimum atomic E-state index is 0.0528. The van der Waals surface area contributed by atoms with Gasteiger partial charge in [0.15, 0.2) is 0 Å². The maximum absolute atomic E-state index is 12.8. The highest BCUT2D eigenvalue weighted by molar-refractivity contribution is 5.73. The second-order valence-corrected chi connectivity index (χ2v) is 8.43. The molecule has 8 unspecified atom stereocenters. The molecule has 0 aromatic heterocycles. The average Bonchev–Trinajstić information content (AvgIpc) is 3.41. The van der Waals surface area contributed by atoms with E-state index >= 15 is 0 Å². The van der Waals surface area contributed by atoms with Gasteiger partial charge in [0.05, 0.1) is 31.3 Å². The number of esters is 1. The lowest BCUT2D eigenvalue weighted by Gasteiger charge is -2.37. The van der Waals surface area contributed by atoms with Crippen LogP contribution in [0.1, 0.15) is 52.4 Å². The summed E-state index contributed by atoms with van der Waals surface area (Å²) in [6, 6.07) is 0. The van der Waals surface area contributed by atoms with E-state index in [1.165, 1.54) is 12.8 Å². The standard InChI is InChI=1S/C19H30O4/c1-11-3-5-13(17-9-21-17)7-15(11)19(20)23-16-8-14(18-10-22-18)6-4-12(16)2/h11-18H,3-10H2,1-2H3. The van der Waals surface area contributed by atoms with Crippen molar-refractivity contribution >= 4 is 5.97 Å². The summed E-state index contributed by atoms with van der Waals surface area (Å²) < 4.78 is 17.0. The molecule has 8 atom stereocenters. The van der Waals surface area contributed by atoms with Gasteiger partial charge >= 0.3 is 5.97 Å². The summed E-state index contributed by atoms with van der Waals surface area (Å²) in [5, 5.41) is 0. The average molecular weight is 322 g/mol. The fraction of sp³-hybridized carbons (Fsp3) is 0.947. The van der Waals surface area contributed by atoms with Gasteiger partial charge in [0.1, 0.15) is 6.10 Å². The molecular formula is C19H30O4. The molecule has 2 heterocycles. The van der Waals surface area contributed by atoms with Crippen LogP contribution in [0.15, 0.2) is 0 Å². The topological polar surface area (TPSA) is 51.4 Å². The molecule has 0 aromatic rings. The van der Waals surface area contributed by atoms with Gasteiger partial charge in [-0.15, -0.1) is 0 Å². The van der Waals surface area contributed by atoms with Crippen LogP contribution >= 0.6 is 0 Å². The molecule has 2 aliphatic heterocycles. The molecule has 23 heavy (non-hydrogen) atoms. The summed E-state index contributed by atoms with van der Waals surface area (Å²) in [6.45, 7) is 6.24. The van der Waals surface area contributed by atoms with E-state index in [-0.39, 0.29) is 18.0 Å². The quantitative estimate of drug-likeness (QED) is 0.589. The van der Waals surface area contributed by atoms with E-state index < -0.39 is 0 Å². The fourth-order valence-corrected chi connectivity index (χ4v) is 4.73. The van der Waals surface area contributed by atoms with Crippen molar-refractivity contribution in [2.24, 2.45) is 29.6 Å². The summed E-state index contributed by atoms with van der Waals surface area (Å²) in [7, 11) is 0. The van der Waals surface area contributed by atoms with Crippen molar-refractivity contribution in [3.05, 3.63) is 0 Å². The van der Waals surface area contributed by atoms with Crippen molar-refractivity contribution in [2.75, 3.05) is 13.2 Å². The summed E-state index contributed by atoms with van der Waals surface area (Å²) in [6.07, 6.45) is 7.61. The van der Waals surface area contributed by atoms with Gasteiger partial charge in [-0.2, -0.15) is 0 Å². The molecule has 0 bridgehead atoms.